The average molecular weight is 316 g/mol. The van der Waals surface area contributed by atoms with Gasteiger partial charge in [0, 0.05) is 6.20 Å². The maximum Gasteiger partial charge on any atom is 0.338 e. The van der Waals surface area contributed by atoms with Gasteiger partial charge in [0.05, 0.1) is 28.7 Å². The summed E-state index contributed by atoms with van der Waals surface area (Å²) in [5.41, 5.74) is 3.98. The fourth-order valence-electron chi connectivity index (χ4n) is 2.78. The number of carbonyl (C=O) groups excluding carboxylic acids is 1. The van der Waals surface area contributed by atoms with Crippen molar-refractivity contribution in [1.82, 2.24) is 14.4 Å². The number of pyridine rings is 1. The molecule has 4 rings (SSSR count). The van der Waals surface area contributed by atoms with Crippen LogP contribution in [0.2, 0.25) is 0 Å². The third-order valence-electron chi connectivity index (χ3n) is 3.85. The number of hydrogen-bond donors (Lipinski definition) is 0. The van der Waals surface area contributed by atoms with Crippen LogP contribution in [-0.2, 0) is 4.74 Å². The lowest BCUT2D eigenvalue weighted by Gasteiger charge is -2.03. The van der Waals surface area contributed by atoms with Gasteiger partial charge in [-0.3, -0.25) is 4.40 Å². The molecule has 0 unspecified atom stereocenters. The van der Waals surface area contributed by atoms with Gasteiger partial charge in [-0.2, -0.15) is 5.26 Å². The summed E-state index contributed by atoms with van der Waals surface area (Å²) in [7, 11) is 0. The molecule has 0 atom stereocenters. The van der Waals surface area contributed by atoms with Gasteiger partial charge in [0.15, 0.2) is 5.65 Å². The number of nitriles is 1. The Balaban J connectivity index is 2.08. The highest BCUT2D eigenvalue weighted by Crippen LogP contribution is 2.26. The molecule has 3 aromatic heterocycles. The molecular weight excluding hydrogens is 304 g/mol. The van der Waals surface area contributed by atoms with E-state index in [1.54, 1.807) is 29.7 Å². The molecule has 0 spiro atoms. The van der Waals surface area contributed by atoms with E-state index in [4.69, 9.17) is 4.74 Å². The van der Waals surface area contributed by atoms with Gasteiger partial charge in [0.1, 0.15) is 17.1 Å². The minimum atomic E-state index is -0.416. The number of hydrogen-bond acceptors (Lipinski definition) is 5. The van der Waals surface area contributed by atoms with E-state index < -0.39 is 5.97 Å². The molecule has 1 aromatic carbocycles. The first kappa shape index (κ1) is 14.2. The molecule has 0 aliphatic rings. The van der Waals surface area contributed by atoms with Gasteiger partial charge in [-0.05, 0) is 31.2 Å². The number of fused-ring (bicyclic) bond motifs is 4. The Kier molecular flexibility index (Phi) is 3.14. The second-order valence-electron chi connectivity index (χ2n) is 5.26. The van der Waals surface area contributed by atoms with E-state index in [9.17, 15) is 10.1 Å². The lowest BCUT2D eigenvalue weighted by Crippen LogP contribution is -2.05. The van der Waals surface area contributed by atoms with Crippen LogP contribution in [0.3, 0.4) is 0 Å². The second-order valence-corrected chi connectivity index (χ2v) is 5.26. The minimum absolute atomic E-state index is 0.298. The summed E-state index contributed by atoms with van der Waals surface area (Å²) in [5, 5.41) is 9.58. The predicted molar refractivity (Wildman–Crippen MR) is 88.7 cm³/mol. The van der Waals surface area contributed by atoms with Crippen LogP contribution in [0.25, 0.3) is 27.7 Å². The standard InChI is InChI=1S/C18H12N4O2/c1-2-24-18(23)11-7-8-22-15(9-11)12(10-19)16-17(22)21-14-6-4-3-5-13(14)20-16/h3-9H,2H2,1H3. The van der Waals surface area contributed by atoms with Gasteiger partial charge in [0.25, 0.3) is 0 Å². The van der Waals surface area contributed by atoms with Crippen LogP contribution < -0.4 is 0 Å². The lowest BCUT2D eigenvalue weighted by molar-refractivity contribution is 0.0526. The van der Waals surface area contributed by atoms with Crippen LogP contribution in [0.4, 0.5) is 0 Å². The fourth-order valence-corrected chi connectivity index (χ4v) is 2.78. The molecule has 0 fully saturated rings. The number of benzene rings is 1. The van der Waals surface area contributed by atoms with Crippen molar-refractivity contribution in [3.05, 3.63) is 53.7 Å². The Labute approximate surface area is 136 Å². The molecule has 0 saturated heterocycles. The van der Waals surface area contributed by atoms with Gasteiger partial charge in [-0.1, -0.05) is 12.1 Å². The number of ether oxygens (including phenoxy) is 1. The maximum absolute atomic E-state index is 11.9. The van der Waals surface area contributed by atoms with Gasteiger partial charge in [0.2, 0.25) is 0 Å². The largest absolute Gasteiger partial charge is 0.462 e. The summed E-state index contributed by atoms with van der Waals surface area (Å²) < 4.78 is 6.80. The SMILES string of the molecule is CCOC(=O)c1ccn2c(c1)c(C#N)c1nc3ccccc3nc12. The minimum Gasteiger partial charge on any atom is -0.462 e. The van der Waals surface area contributed by atoms with Crippen molar-refractivity contribution < 1.29 is 9.53 Å². The predicted octanol–water partition coefficient (Wildman–Crippen LogP) is 3.08. The zero-order valence-electron chi connectivity index (χ0n) is 12.9. The van der Waals surface area contributed by atoms with E-state index >= 15 is 0 Å². The monoisotopic (exact) mass is 316 g/mol. The van der Waals surface area contributed by atoms with Crippen LogP contribution in [0.1, 0.15) is 22.8 Å². The number of aromatic nitrogens is 3. The Morgan fingerprint density at radius 2 is 2.00 bits per heavy atom. The van der Waals surface area contributed by atoms with E-state index in [-0.39, 0.29) is 0 Å². The summed E-state index contributed by atoms with van der Waals surface area (Å²) in [5.74, 6) is -0.416. The molecule has 6 heteroatoms. The summed E-state index contributed by atoms with van der Waals surface area (Å²) >= 11 is 0. The fraction of sp³-hybridized carbons (Fsp3) is 0.111. The summed E-state index contributed by atoms with van der Waals surface area (Å²) in [6, 6.07) is 13.0. The van der Waals surface area contributed by atoms with Crippen LogP contribution in [0.15, 0.2) is 42.6 Å². The second kappa shape index (κ2) is 5.32. The first-order valence-electron chi connectivity index (χ1n) is 7.50. The number of para-hydroxylation sites is 2. The van der Waals surface area contributed by atoms with Crippen molar-refractivity contribution >= 4 is 33.7 Å². The van der Waals surface area contributed by atoms with Crippen molar-refractivity contribution in [3.63, 3.8) is 0 Å². The Hall–Kier alpha value is -3.46. The molecule has 6 nitrogen and oxygen atoms in total. The van der Waals surface area contributed by atoms with E-state index in [2.05, 4.69) is 16.0 Å². The smallest absolute Gasteiger partial charge is 0.338 e. The third kappa shape index (κ3) is 1.99. The quantitative estimate of drug-likeness (QED) is 0.531. The normalized spacial score (nSPS) is 11.0. The molecule has 3 heterocycles. The van der Waals surface area contributed by atoms with Gasteiger partial charge in [-0.15, -0.1) is 0 Å². The molecule has 0 amide bonds. The van der Waals surface area contributed by atoms with E-state index in [1.807, 2.05) is 24.3 Å². The Morgan fingerprint density at radius 3 is 2.71 bits per heavy atom. The van der Waals surface area contributed by atoms with Gasteiger partial charge < -0.3 is 4.74 Å². The number of esters is 1. The highest BCUT2D eigenvalue weighted by molar-refractivity contribution is 5.97. The van der Waals surface area contributed by atoms with Crippen LogP contribution in [0.5, 0.6) is 0 Å². The molecule has 0 aliphatic heterocycles. The lowest BCUT2D eigenvalue weighted by atomic mass is 10.2. The van der Waals surface area contributed by atoms with Crippen molar-refractivity contribution in [2.45, 2.75) is 6.92 Å². The van der Waals surface area contributed by atoms with Gasteiger partial charge >= 0.3 is 5.97 Å². The van der Waals surface area contributed by atoms with Crippen molar-refractivity contribution in [2.75, 3.05) is 6.61 Å². The van der Waals surface area contributed by atoms with Gasteiger partial charge in [-0.25, -0.2) is 14.8 Å². The topological polar surface area (TPSA) is 80.3 Å². The molecule has 0 saturated carbocycles. The first-order valence-corrected chi connectivity index (χ1v) is 7.50. The van der Waals surface area contributed by atoms with E-state index in [0.29, 0.717) is 34.4 Å². The molecule has 0 N–H and O–H groups in total. The molecule has 0 radical (unpaired) electrons. The number of carbonyl (C=O) groups is 1. The molecule has 4 aromatic rings. The highest BCUT2D eigenvalue weighted by Gasteiger charge is 2.17. The summed E-state index contributed by atoms with van der Waals surface area (Å²) in [6.07, 6.45) is 1.72. The summed E-state index contributed by atoms with van der Waals surface area (Å²) in [4.78, 5) is 21.1. The Morgan fingerprint density at radius 1 is 1.25 bits per heavy atom. The van der Waals surface area contributed by atoms with Crippen LogP contribution in [0, 0.1) is 11.3 Å². The zero-order chi connectivity index (χ0) is 16.7. The van der Waals surface area contributed by atoms with E-state index in [1.165, 1.54) is 0 Å². The zero-order valence-corrected chi connectivity index (χ0v) is 12.9. The number of nitrogens with zero attached hydrogens (tertiary/aromatic N) is 4. The summed E-state index contributed by atoms with van der Waals surface area (Å²) in [6.45, 7) is 2.05. The van der Waals surface area contributed by atoms with Crippen molar-refractivity contribution in [3.8, 4) is 6.07 Å². The Bertz CT molecular complexity index is 1150. The highest BCUT2D eigenvalue weighted by atomic mass is 16.5. The van der Waals surface area contributed by atoms with Crippen molar-refractivity contribution in [1.29, 1.82) is 5.26 Å². The van der Waals surface area contributed by atoms with Crippen LogP contribution in [-0.4, -0.2) is 26.9 Å². The first-order chi connectivity index (χ1) is 11.7. The molecule has 0 bridgehead atoms. The molecular formula is C18H12N4O2. The van der Waals surface area contributed by atoms with Crippen LogP contribution >= 0.6 is 0 Å². The maximum atomic E-state index is 11.9. The molecule has 116 valence electrons. The third-order valence-corrected chi connectivity index (χ3v) is 3.85. The van der Waals surface area contributed by atoms with E-state index in [0.717, 1.165) is 11.0 Å². The average Bonchev–Trinajstić information content (AvgIpc) is 2.91. The molecule has 24 heavy (non-hydrogen) atoms. The molecule has 0 aliphatic carbocycles. The number of rotatable bonds is 2. The van der Waals surface area contributed by atoms with Crippen molar-refractivity contribution in [2.24, 2.45) is 0 Å².